The number of carbonyl (C=O) groups excluding carboxylic acids is 1. The largest absolute Gasteiger partial charge is 0.299 e. The summed E-state index contributed by atoms with van der Waals surface area (Å²) >= 11 is 0. The van der Waals surface area contributed by atoms with E-state index in [1.165, 1.54) is 23.1 Å². The first-order valence-corrected chi connectivity index (χ1v) is 6.68. The Labute approximate surface area is 104 Å². The topological polar surface area (TPSA) is 17.1 Å². The molecule has 0 bridgehead atoms. The molecule has 0 N–H and O–H groups in total. The maximum atomic E-state index is 12.1. The fourth-order valence-electron chi connectivity index (χ4n) is 2.60. The van der Waals surface area contributed by atoms with Crippen LogP contribution in [0.5, 0.6) is 0 Å². The van der Waals surface area contributed by atoms with Crippen molar-refractivity contribution in [2.45, 2.75) is 46.5 Å². The van der Waals surface area contributed by atoms with Crippen molar-refractivity contribution in [1.82, 2.24) is 0 Å². The predicted octanol–water partition coefficient (Wildman–Crippen LogP) is 3.85. The number of Topliss-reactive ketones (excluding diaryl/α,β-unsaturated/α-hetero) is 1. The molecule has 1 heteroatoms. The summed E-state index contributed by atoms with van der Waals surface area (Å²) in [6.07, 6.45) is 4.39. The Morgan fingerprint density at radius 3 is 2.59 bits per heavy atom. The highest BCUT2D eigenvalue weighted by atomic mass is 16.1. The highest BCUT2D eigenvalue weighted by molar-refractivity contribution is 5.84. The van der Waals surface area contributed by atoms with Gasteiger partial charge in [0, 0.05) is 11.8 Å². The van der Waals surface area contributed by atoms with Crippen LogP contribution in [0.2, 0.25) is 0 Å². The van der Waals surface area contributed by atoms with Crippen molar-refractivity contribution in [3.63, 3.8) is 0 Å². The second-order valence-electron chi connectivity index (χ2n) is 5.57. The molecule has 1 aromatic rings. The third-order valence-corrected chi connectivity index (χ3v) is 4.02. The van der Waals surface area contributed by atoms with Crippen LogP contribution in [-0.2, 0) is 11.2 Å². The van der Waals surface area contributed by atoms with Gasteiger partial charge < -0.3 is 0 Å². The molecule has 1 unspecified atom stereocenters. The van der Waals surface area contributed by atoms with E-state index in [-0.39, 0.29) is 5.92 Å². The van der Waals surface area contributed by atoms with Gasteiger partial charge in [0.1, 0.15) is 5.78 Å². The van der Waals surface area contributed by atoms with E-state index >= 15 is 0 Å². The van der Waals surface area contributed by atoms with Crippen LogP contribution in [0.15, 0.2) is 18.2 Å². The van der Waals surface area contributed by atoms with Crippen molar-refractivity contribution in [1.29, 1.82) is 0 Å². The monoisotopic (exact) mass is 230 g/mol. The minimum atomic E-state index is 0.182. The zero-order chi connectivity index (χ0) is 12.4. The fraction of sp³-hybridized carbons (Fsp3) is 0.562. The Bertz CT molecular complexity index is 416. The van der Waals surface area contributed by atoms with E-state index in [0.29, 0.717) is 11.7 Å². The number of hydrogen-bond donors (Lipinski definition) is 0. The van der Waals surface area contributed by atoms with Crippen molar-refractivity contribution in [2.75, 3.05) is 0 Å². The van der Waals surface area contributed by atoms with Gasteiger partial charge in [0.15, 0.2) is 0 Å². The molecule has 0 saturated heterocycles. The molecule has 92 valence electrons. The number of carbonyl (C=O) groups is 1. The molecule has 0 amide bonds. The third-order valence-electron chi connectivity index (χ3n) is 4.02. The minimum Gasteiger partial charge on any atom is -0.299 e. The van der Waals surface area contributed by atoms with Crippen LogP contribution >= 0.6 is 0 Å². The SMILES string of the molecule is Cc1ccc(CC(C)C(=O)C2CCC2)c(C)c1. The highest BCUT2D eigenvalue weighted by Gasteiger charge is 2.28. The molecule has 0 aliphatic heterocycles. The van der Waals surface area contributed by atoms with Crippen molar-refractivity contribution < 1.29 is 4.79 Å². The van der Waals surface area contributed by atoms with E-state index in [2.05, 4.69) is 39.0 Å². The Morgan fingerprint density at radius 2 is 2.06 bits per heavy atom. The van der Waals surface area contributed by atoms with Crippen LogP contribution in [0.25, 0.3) is 0 Å². The lowest BCUT2D eigenvalue weighted by Gasteiger charge is -2.27. The normalized spacial score (nSPS) is 17.6. The highest BCUT2D eigenvalue weighted by Crippen LogP contribution is 2.30. The van der Waals surface area contributed by atoms with Gasteiger partial charge in [-0.05, 0) is 44.2 Å². The summed E-state index contributed by atoms with van der Waals surface area (Å²) in [6.45, 7) is 6.34. The average molecular weight is 230 g/mol. The van der Waals surface area contributed by atoms with Gasteiger partial charge in [0.2, 0.25) is 0 Å². The molecular formula is C16H22O. The van der Waals surface area contributed by atoms with Gasteiger partial charge in [-0.15, -0.1) is 0 Å². The van der Waals surface area contributed by atoms with Gasteiger partial charge in [-0.3, -0.25) is 4.79 Å². The Balaban J connectivity index is 2.01. The summed E-state index contributed by atoms with van der Waals surface area (Å²) in [5.74, 6) is 1.04. The van der Waals surface area contributed by atoms with Crippen LogP contribution in [0, 0.1) is 25.7 Å². The summed E-state index contributed by atoms with van der Waals surface area (Å²) in [5, 5.41) is 0. The maximum absolute atomic E-state index is 12.1. The van der Waals surface area contributed by atoms with Gasteiger partial charge in [0.25, 0.3) is 0 Å². The molecule has 1 aromatic carbocycles. The number of aryl methyl sites for hydroxylation is 2. The third kappa shape index (κ3) is 2.77. The molecule has 1 saturated carbocycles. The van der Waals surface area contributed by atoms with Gasteiger partial charge in [-0.1, -0.05) is 37.1 Å². The van der Waals surface area contributed by atoms with Crippen LogP contribution in [0.3, 0.4) is 0 Å². The zero-order valence-corrected chi connectivity index (χ0v) is 11.1. The van der Waals surface area contributed by atoms with E-state index in [1.54, 1.807) is 0 Å². The van der Waals surface area contributed by atoms with Gasteiger partial charge in [0.05, 0.1) is 0 Å². The lowest BCUT2D eigenvalue weighted by atomic mass is 9.77. The number of rotatable bonds is 4. The second-order valence-corrected chi connectivity index (χ2v) is 5.57. The minimum absolute atomic E-state index is 0.182. The van der Waals surface area contributed by atoms with Crippen LogP contribution in [0.4, 0.5) is 0 Å². The first-order valence-electron chi connectivity index (χ1n) is 6.68. The van der Waals surface area contributed by atoms with Crippen molar-refractivity contribution >= 4 is 5.78 Å². The molecule has 17 heavy (non-hydrogen) atoms. The van der Waals surface area contributed by atoms with E-state index in [4.69, 9.17) is 0 Å². The first-order chi connectivity index (χ1) is 8.08. The van der Waals surface area contributed by atoms with Crippen molar-refractivity contribution in [2.24, 2.45) is 11.8 Å². The molecule has 1 atom stereocenters. The lowest BCUT2D eigenvalue weighted by molar-refractivity contribution is -0.128. The van der Waals surface area contributed by atoms with Crippen molar-refractivity contribution in [3.05, 3.63) is 34.9 Å². The maximum Gasteiger partial charge on any atom is 0.139 e. The molecule has 1 aliphatic carbocycles. The Morgan fingerprint density at radius 1 is 1.35 bits per heavy atom. The van der Waals surface area contributed by atoms with Crippen LogP contribution in [0.1, 0.15) is 42.9 Å². The Hall–Kier alpha value is -1.11. The van der Waals surface area contributed by atoms with E-state index < -0.39 is 0 Å². The van der Waals surface area contributed by atoms with Gasteiger partial charge in [-0.2, -0.15) is 0 Å². The van der Waals surface area contributed by atoms with Crippen molar-refractivity contribution in [3.8, 4) is 0 Å². The molecule has 0 radical (unpaired) electrons. The van der Waals surface area contributed by atoms with E-state index in [0.717, 1.165) is 19.3 Å². The number of hydrogen-bond acceptors (Lipinski definition) is 1. The lowest BCUT2D eigenvalue weighted by Crippen LogP contribution is -2.28. The molecule has 2 rings (SSSR count). The Kier molecular flexibility index (Phi) is 3.66. The summed E-state index contributed by atoms with van der Waals surface area (Å²) in [5.41, 5.74) is 3.94. The van der Waals surface area contributed by atoms with Gasteiger partial charge in [-0.25, -0.2) is 0 Å². The number of benzene rings is 1. The predicted molar refractivity (Wildman–Crippen MR) is 71.1 cm³/mol. The summed E-state index contributed by atoms with van der Waals surface area (Å²) in [7, 11) is 0. The van der Waals surface area contributed by atoms with Crippen LogP contribution < -0.4 is 0 Å². The van der Waals surface area contributed by atoms with E-state index in [9.17, 15) is 4.79 Å². The second kappa shape index (κ2) is 5.03. The standard InChI is InChI=1S/C16H22O/c1-11-7-8-15(12(2)9-11)10-13(3)16(17)14-5-4-6-14/h7-9,13-14H,4-6,10H2,1-3H3. The molecule has 1 fully saturated rings. The molecule has 0 heterocycles. The van der Waals surface area contributed by atoms with Crippen LogP contribution in [-0.4, -0.2) is 5.78 Å². The smallest absolute Gasteiger partial charge is 0.139 e. The molecule has 1 aliphatic rings. The molecule has 1 nitrogen and oxygen atoms in total. The summed E-state index contributed by atoms with van der Waals surface area (Å²) in [4.78, 5) is 12.1. The first kappa shape index (κ1) is 12.3. The molecule has 0 aromatic heterocycles. The number of ketones is 1. The van der Waals surface area contributed by atoms with E-state index in [1.807, 2.05) is 0 Å². The summed E-state index contributed by atoms with van der Waals surface area (Å²) < 4.78 is 0. The zero-order valence-electron chi connectivity index (χ0n) is 11.1. The van der Waals surface area contributed by atoms with Gasteiger partial charge >= 0.3 is 0 Å². The summed E-state index contributed by atoms with van der Waals surface area (Å²) in [6, 6.07) is 6.52. The fourth-order valence-corrected chi connectivity index (χ4v) is 2.60. The molecular weight excluding hydrogens is 208 g/mol. The average Bonchev–Trinajstić information content (AvgIpc) is 2.19. The molecule has 0 spiro atoms. The quantitative estimate of drug-likeness (QED) is 0.767.